The van der Waals surface area contributed by atoms with Gasteiger partial charge in [-0.2, -0.15) is 0 Å². The molecule has 116 valence electrons. The molecule has 2 bridgehead atoms. The zero-order chi connectivity index (χ0) is 13.7. The molecule has 4 atom stereocenters. The van der Waals surface area contributed by atoms with Crippen LogP contribution in [-0.4, -0.2) is 25.0 Å². The number of fused-ring (bicyclic) bond motifs is 2. The summed E-state index contributed by atoms with van der Waals surface area (Å²) >= 11 is 0. The smallest absolute Gasteiger partial charge is 0.220 e. The predicted octanol–water partition coefficient (Wildman–Crippen LogP) is 2.74. The van der Waals surface area contributed by atoms with Gasteiger partial charge in [0.2, 0.25) is 5.91 Å². The molecule has 1 saturated heterocycles. The van der Waals surface area contributed by atoms with Crippen LogP contribution in [0.15, 0.2) is 0 Å². The molecule has 4 unspecified atom stereocenters. The zero-order valence-electron chi connectivity index (χ0n) is 13.0. The Morgan fingerprint density at radius 2 is 2.05 bits per heavy atom. The van der Waals surface area contributed by atoms with E-state index in [1.54, 1.807) is 0 Å². The van der Waals surface area contributed by atoms with E-state index in [1.807, 2.05) is 0 Å². The molecule has 3 aliphatic rings. The van der Waals surface area contributed by atoms with Crippen molar-refractivity contribution in [3.8, 4) is 0 Å². The van der Waals surface area contributed by atoms with Crippen LogP contribution in [0.4, 0.5) is 0 Å². The van der Waals surface area contributed by atoms with Gasteiger partial charge >= 0.3 is 0 Å². The normalized spacial score (nSPS) is 41.5. The van der Waals surface area contributed by atoms with Crippen LogP contribution in [0.3, 0.4) is 0 Å². The highest BCUT2D eigenvalue weighted by molar-refractivity contribution is 5.85. The summed E-state index contributed by atoms with van der Waals surface area (Å²) in [4.78, 5) is 12.2. The summed E-state index contributed by atoms with van der Waals surface area (Å²) in [5.41, 5.74) is 0.696. The first-order chi connectivity index (χ1) is 8.93. The number of carbonyl (C=O) groups excluding carboxylic acids is 1. The summed E-state index contributed by atoms with van der Waals surface area (Å²) in [6, 6.07) is 0.406. The Hall–Kier alpha value is -0.280. The first-order valence-corrected chi connectivity index (χ1v) is 7.93. The van der Waals surface area contributed by atoms with Crippen molar-refractivity contribution in [3.63, 3.8) is 0 Å². The van der Waals surface area contributed by atoms with Crippen molar-refractivity contribution in [2.45, 2.75) is 58.9 Å². The van der Waals surface area contributed by atoms with Gasteiger partial charge in [-0.05, 0) is 61.4 Å². The number of nitrogens with one attached hydrogen (secondary N) is 2. The van der Waals surface area contributed by atoms with Crippen molar-refractivity contribution in [3.05, 3.63) is 0 Å². The molecule has 0 radical (unpaired) electrons. The highest BCUT2D eigenvalue weighted by Crippen LogP contribution is 2.65. The Morgan fingerprint density at radius 3 is 2.55 bits per heavy atom. The van der Waals surface area contributed by atoms with E-state index in [-0.39, 0.29) is 18.3 Å². The monoisotopic (exact) mass is 300 g/mol. The third kappa shape index (κ3) is 2.37. The van der Waals surface area contributed by atoms with E-state index >= 15 is 0 Å². The van der Waals surface area contributed by atoms with Gasteiger partial charge in [0, 0.05) is 12.5 Å². The molecule has 1 amide bonds. The molecule has 4 heteroatoms. The molecule has 2 N–H and O–H groups in total. The van der Waals surface area contributed by atoms with Crippen molar-refractivity contribution >= 4 is 18.3 Å². The quantitative estimate of drug-likeness (QED) is 0.841. The number of hydrogen-bond acceptors (Lipinski definition) is 2. The molecule has 2 aliphatic carbocycles. The molecule has 1 heterocycles. The number of amides is 1. The molecule has 0 spiro atoms. The fourth-order valence-electron chi connectivity index (χ4n) is 4.83. The maximum atomic E-state index is 12.2. The van der Waals surface area contributed by atoms with Crippen LogP contribution in [0.25, 0.3) is 0 Å². The van der Waals surface area contributed by atoms with E-state index in [9.17, 15) is 4.79 Å². The van der Waals surface area contributed by atoms with Gasteiger partial charge in [0.05, 0.1) is 0 Å². The third-order valence-corrected chi connectivity index (χ3v) is 6.77. The lowest BCUT2D eigenvalue weighted by molar-refractivity contribution is -0.123. The second-order valence-corrected chi connectivity index (χ2v) is 7.79. The van der Waals surface area contributed by atoms with Crippen molar-refractivity contribution in [1.29, 1.82) is 0 Å². The molecule has 20 heavy (non-hydrogen) atoms. The summed E-state index contributed by atoms with van der Waals surface area (Å²) in [5, 5.41) is 6.71. The maximum Gasteiger partial charge on any atom is 0.220 e. The van der Waals surface area contributed by atoms with E-state index in [4.69, 9.17) is 0 Å². The summed E-state index contributed by atoms with van der Waals surface area (Å²) in [5.74, 6) is 1.64. The highest BCUT2D eigenvalue weighted by Gasteiger charge is 2.61. The lowest BCUT2D eigenvalue weighted by Crippen LogP contribution is -2.47. The molecular formula is C16H29ClN2O. The lowest BCUT2D eigenvalue weighted by Gasteiger charge is -2.39. The van der Waals surface area contributed by atoms with Gasteiger partial charge in [0.15, 0.2) is 0 Å². The lowest BCUT2D eigenvalue weighted by atomic mass is 9.69. The van der Waals surface area contributed by atoms with E-state index < -0.39 is 0 Å². The van der Waals surface area contributed by atoms with Crippen molar-refractivity contribution in [1.82, 2.24) is 10.6 Å². The summed E-state index contributed by atoms with van der Waals surface area (Å²) in [6.45, 7) is 9.29. The number of halogens is 1. The van der Waals surface area contributed by atoms with Crippen molar-refractivity contribution in [2.75, 3.05) is 13.1 Å². The molecule has 3 nitrogen and oxygen atoms in total. The molecule has 0 aromatic carbocycles. The van der Waals surface area contributed by atoms with Gasteiger partial charge in [-0.25, -0.2) is 0 Å². The van der Waals surface area contributed by atoms with Crippen LogP contribution in [0.2, 0.25) is 0 Å². The first-order valence-electron chi connectivity index (χ1n) is 7.93. The summed E-state index contributed by atoms with van der Waals surface area (Å²) < 4.78 is 0. The number of carbonyl (C=O) groups is 1. The summed E-state index contributed by atoms with van der Waals surface area (Å²) in [6.07, 6.45) is 5.69. The average Bonchev–Trinajstić information content (AvgIpc) is 2.95. The molecule has 1 aliphatic heterocycles. The van der Waals surface area contributed by atoms with Crippen LogP contribution in [0, 0.1) is 22.7 Å². The number of hydrogen-bond donors (Lipinski definition) is 2. The van der Waals surface area contributed by atoms with Gasteiger partial charge in [-0.3, -0.25) is 4.79 Å². The molecule has 3 rings (SSSR count). The maximum absolute atomic E-state index is 12.2. The van der Waals surface area contributed by atoms with Gasteiger partial charge in [0.1, 0.15) is 0 Å². The zero-order valence-corrected chi connectivity index (χ0v) is 13.8. The minimum Gasteiger partial charge on any atom is -0.353 e. The van der Waals surface area contributed by atoms with Crippen LogP contribution in [0.5, 0.6) is 0 Å². The number of rotatable bonds is 3. The molecule has 2 saturated carbocycles. The van der Waals surface area contributed by atoms with Gasteiger partial charge in [0.25, 0.3) is 0 Å². The van der Waals surface area contributed by atoms with Crippen LogP contribution in [0.1, 0.15) is 52.9 Å². The molecule has 3 fully saturated rings. The minimum atomic E-state index is 0. The van der Waals surface area contributed by atoms with Crippen LogP contribution >= 0.6 is 12.4 Å². The van der Waals surface area contributed by atoms with Gasteiger partial charge < -0.3 is 10.6 Å². The Balaban J connectivity index is 0.00000147. The van der Waals surface area contributed by atoms with E-state index in [0.29, 0.717) is 29.2 Å². The molecule has 0 aromatic heterocycles. The molecular weight excluding hydrogens is 272 g/mol. The Morgan fingerprint density at radius 1 is 1.30 bits per heavy atom. The van der Waals surface area contributed by atoms with Crippen LogP contribution in [-0.2, 0) is 4.79 Å². The largest absolute Gasteiger partial charge is 0.353 e. The fourth-order valence-corrected chi connectivity index (χ4v) is 4.83. The average molecular weight is 301 g/mol. The second-order valence-electron chi connectivity index (χ2n) is 7.79. The van der Waals surface area contributed by atoms with E-state index in [2.05, 4.69) is 31.4 Å². The topological polar surface area (TPSA) is 41.1 Å². The van der Waals surface area contributed by atoms with E-state index in [0.717, 1.165) is 25.4 Å². The van der Waals surface area contributed by atoms with Crippen molar-refractivity contribution in [2.24, 2.45) is 22.7 Å². The standard InChI is InChI=1S/C16H28N2O.ClH/c1-15(2)12-4-6-16(15,3)13(9-12)18-14(19)8-11-5-7-17-10-11;/h11-13,17H,4-10H2,1-3H3,(H,18,19);1H. The first kappa shape index (κ1) is 16.1. The van der Waals surface area contributed by atoms with Crippen LogP contribution < -0.4 is 10.6 Å². The summed E-state index contributed by atoms with van der Waals surface area (Å²) in [7, 11) is 0. The van der Waals surface area contributed by atoms with Crippen molar-refractivity contribution < 1.29 is 4.79 Å². The Labute approximate surface area is 129 Å². The highest BCUT2D eigenvalue weighted by atomic mass is 35.5. The fraction of sp³-hybridized carbons (Fsp3) is 0.938. The molecule has 0 aromatic rings. The Bertz CT molecular complexity index is 379. The van der Waals surface area contributed by atoms with Gasteiger partial charge in [-0.1, -0.05) is 20.8 Å². The SMILES string of the molecule is CC1(C)C2CCC1(C)C(NC(=O)CC1CCNC1)C2.Cl. The predicted molar refractivity (Wildman–Crippen MR) is 84.0 cm³/mol. The van der Waals surface area contributed by atoms with E-state index in [1.165, 1.54) is 19.3 Å². The third-order valence-electron chi connectivity index (χ3n) is 6.77. The Kier molecular flexibility index (Phi) is 4.42. The second kappa shape index (κ2) is 5.49. The van der Waals surface area contributed by atoms with Gasteiger partial charge in [-0.15, -0.1) is 12.4 Å². The minimum absolute atomic E-state index is 0.